The summed E-state index contributed by atoms with van der Waals surface area (Å²) in [5, 5.41) is 2.73. The number of hydrogen-bond acceptors (Lipinski definition) is 1. The molecule has 2 nitrogen and oxygen atoms in total. The molecule has 0 aromatic heterocycles. The van der Waals surface area contributed by atoms with Gasteiger partial charge in [0.15, 0.2) is 0 Å². The highest BCUT2D eigenvalue weighted by Gasteiger charge is 2.07. The van der Waals surface area contributed by atoms with Crippen LogP contribution in [0.15, 0.2) is 36.4 Å². The van der Waals surface area contributed by atoms with Crippen molar-refractivity contribution in [3.8, 4) is 0 Å². The van der Waals surface area contributed by atoms with Crippen molar-refractivity contribution in [2.45, 2.75) is 19.9 Å². The van der Waals surface area contributed by atoms with Crippen molar-refractivity contribution in [3.05, 3.63) is 47.8 Å². The van der Waals surface area contributed by atoms with E-state index in [1.807, 2.05) is 6.92 Å². The van der Waals surface area contributed by atoms with E-state index < -0.39 is 0 Å². The molecular weight excluding hydrogens is 193 g/mol. The average molecular weight is 207 g/mol. The first kappa shape index (κ1) is 11.4. The quantitative estimate of drug-likeness (QED) is 0.758. The zero-order valence-corrected chi connectivity index (χ0v) is 8.83. The van der Waals surface area contributed by atoms with E-state index in [1.54, 1.807) is 25.1 Å². The third-order valence-electron chi connectivity index (χ3n) is 2.03. The number of halogens is 1. The number of carbonyl (C=O) groups excluding carboxylic acids is 1. The van der Waals surface area contributed by atoms with E-state index in [9.17, 15) is 9.18 Å². The lowest BCUT2D eigenvalue weighted by molar-refractivity contribution is -0.117. The molecule has 0 saturated carbocycles. The van der Waals surface area contributed by atoms with Gasteiger partial charge >= 0.3 is 0 Å². The minimum atomic E-state index is -0.292. The molecule has 1 N–H and O–H groups in total. The second kappa shape index (κ2) is 5.29. The Morgan fingerprint density at radius 1 is 1.53 bits per heavy atom. The van der Waals surface area contributed by atoms with Gasteiger partial charge in [0.2, 0.25) is 5.91 Å². The Balaban J connectivity index is 2.68. The molecule has 0 aliphatic rings. The van der Waals surface area contributed by atoms with Crippen LogP contribution in [-0.2, 0) is 4.79 Å². The van der Waals surface area contributed by atoms with Crippen LogP contribution < -0.4 is 5.32 Å². The number of allylic oxidation sites excluding steroid dienone is 1. The highest BCUT2D eigenvalue weighted by molar-refractivity contribution is 5.87. The first-order valence-electron chi connectivity index (χ1n) is 4.82. The van der Waals surface area contributed by atoms with Crippen LogP contribution in [0.25, 0.3) is 0 Å². The van der Waals surface area contributed by atoms with Crippen LogP contribution in [0.1, 0.15) is 25.5 Å². The molecule has 0 radical (unpaired) electrons. The Labute approximate surface area is 88.8 Å². The molecule has 1 amide bonds. The van der Waals surface area contributed by atoms with Gasteiger partial charge in [-0.25, -0.2) is 4.39 Å². The van der Waals surface area contributed by atoms with Gasteiger partial charge in [0.25, 0.3) is 0 Å². The third kappa shape index (κ3) is 3.54. The fraction of sp³-hybridized carbons (Fsp3) is 0.250. The fourth-order valence-electron chi connectivity index (χ4n) is 1.27. The van der Waals surface area contributed by atoms with E-state index in [0.717, 1.165) is 5.56 Å². The molecule has 0 aliphatic heterocycles. The van der Waals surface area contributed by atoms with Crippen molar-refractivity contribution in [2.75, 3.05) is 0 Å². The molecule has 0 heterocycles. The average Bonchev–Trinajstić information content (AvgIpc) is 2.18. The van der Waals surface area contributed by atoms with Crippen molar-refractivity contribution in [1.29, 1.82) is 0 Å². The van der Waals surface area contributed by atoms with Crippen LogP contribution in [0, 0.1) is 5.82 Å². The third-order valence-corrected chi connectivity index (χ3v) is 2.03. The van der Waals surface area contributed by atoms with E-state index in [-0.39, 0.29) is 17.8 Å². The molecule has 0 spiro atoms. The number of nitrogens with one attached hydrogen (secondary N) is 1. The summed E-state index contributed by atoms with van der Waals surface area (Å²) in [7, 11) is 0. The van der Waals surface area contributed by atoms with E-state index in [2.05, 4.69) is 5.32 Å². The van der Waals surface area contributed by atoms with Gasteiger partial charge in [0, 0.05) is 0 Å². The minimum Gasteiger partial charge on any atom is -0.346 e. The summed E-state index contributed by atoms with van der Waals surface area (Å²) in [6.07, 6.45) is 3.10. The fourth-order valence-corrected chi connectivity index (χ4v) is 1.27. The topological polar surface area (TPSA) is 29.1 Å². The molecule has 0 fully saturated rings. The van der Waals surface area contributed by atoms with Gasteiger partial charge in [0.1, 0.15) is 5.82 Å². The molecule has 0 saturated heterocycles. The molecule has 0 bridgehead atoms. The van der Waals surface area contributed by atoms with Gasteiger partial charge in [-0.1, -0.05) is 18.2 Å². The van der Waals surface area contributed by atoms with E-state index in [4.69, 9.17) is 0 Å². The summed E-state index contributed by atoms with van der Waals surface area (Å²) in [6, 6.07) is 6.02. The monoisotopic (exact) mass is 207 g/mol. The van der Waals surface area contributed by atoms with Crippen molar-refractivity contribution in [2.24, 2.45) is 0 Å². The molecule has 1 rings (SSSR count). The SMILES string of the molecule is C/C=C/C(=O)N[C@@H](C)c1cccc(F)c1. The maximum absolute atomic E-state index is 12.9. The second-order valence-electron chi connectivity index (χ2n) is 3.29. The maximum atomic E-state index is 12.9. The van der Waals surface area contributed by atoms with E-state index in [0.29, 0.717) is 0 Å². The van der Waals surface area contributed by atoms with Crippen molar-refractivity contribution >= 4 is 5.91 Å². The Morgan fingerprint density at radius 3 is 2.87 bits per heavy atom. The predicted molar refractivity (Wildman–Crippen MR) is 57.8 cm³/mol. The van der Waals surface area contributed by atoms with Gasteiger partial charge in [0.05, 0.1) is 6.04 Å². The van der Waals surface area contributed by atoms with E-state index in [1.165, 1.54) is 18.2 Å². The predicted octanol–water partition coefficient (Wildman–Crippen LogP) is 2.58. The van der Waals surface area contributed by atoms with Crippen LogP contribution in [0.2, 0.25) is 0 Å². The first-order chi connectivity index (χ1) is 7.13. The zero-order valence-electron chi connectivity index (χ0n) is 8.83. The smallest absolute Gasteiger partial charge is 0.244 e. The summed E-state index contributed by atoms with van der Waals surface area (Å²) in [6.45, 7) is 3.59. The summed E-state index contributed by atoms with van der Waals surface area (Å²) >= 11 is 0. The molecule has 80 valence electrons. The van der Waals surface area contributed by atoms with Crippen molar-refractivity contribution in [3.63, 3.8) is 0 Å². The Kier molecular flexibility index (Phi) is 4.03. The van der Waals surface area contributed by atoms with Crippen LogP contribution in [0.3, 0.4) is 0 Å². The molecular formula is C12H14FNO. The lowest BCUT2D eigenvalue weighted by Gasteiger charge is -2.12. The molecule has 1 aromatic carbocycles. The number of hydrogen-bond donors (Lipinski definition) is 1. The summed E-state index contributed by atoms with van der Waals surface area (Å²) in [5.41, 5.74) is 0.757. The number of rotatable bonds is 3. The second-order valence-corrected chi connectivity index (χ2v) is 3.29. The summed E-state index contributed by atoms with van der Waals surface area (Å²) in [5.74, 6) is -0.464. The van der Waals surface area contributed by atoms with Crippen LogP contribution in [-0.4, -0.2) is 5.91 Å². The molecule has 1 aromatic rings. The van der Waals surface area contributed by atoms with Gasteiger partial charge < -0.3 is 5.32 Å². The lowest BCUT2D eigenvalue weighted by Crippen LogP contribution is -2.24. The normalized spacial score (nSPS) is 12.7. The zero-order chi connectivity index (χ0) is 11.3. The largest absolute Gasteiger partial charge is 0.346 e. The van der Waals surface area contributed by atoms with Gasteiger partial charge in [-0.15, -0.1) is 0 Å². The molecule has 0 unspecified atom stereocenters. The number of benzene rings is 1. The van der Waals surface area contributed by atoms with Crippen LogP contribution in [0.4, 0.5) is 4.39 Å². The lowest BCUT2D eigenvalue weighted by atomic mass is 10.1. The Hall–Kier alpha value is -1.64. The first-order valence-corrected chi connectivity index (χ1v) is 4.82. The standard InChI is InChI=1S/C12H14FNO/c1-3-5-12(15)14-9(2)10-6-4-7-11(13)8-10/h3-9H,1-2H3,(H,14,15)/b5-3+/t9-/m0/s1. The maximum Gasteiger partial charge on any atom is 0.244 e. The highest BCUT2D eigenvalue weighted by Crippen LogP contribution is 2.13. The van der Waals surface area contributed by atoms with Gasteiger partial charge in [-0.3, -0.25) is 4.79 Å². The Bertz CT molecular complexity index is 374. The number of carbonyl (C=O) groups is 1. The Morgan fingerprint density at radius 2 is 2.27 bits per heavy atom. The van der Waals surface area contributed by atoms with Gasteiger partial charge in [-0.05, 0) is 37.6 Å². The highest BCUT2D eigenvalue weighted by atomic mass is 19.1. The van der Waals surface area contributed by atoms with E-state index >= 15 is 0 Å². The van der Waals surface area contributed by atoms with Crippen LogP contribution in [0.5, 0.6) is 0 Å². The van der Waals surface area contributed by atoms with Gasteiger partial charge in [-0.2, -0.15) is 0 Å². The molecule has 0 aliphatic carbocycles. The summed E-state index contributed by atoms with van der Waals surface area (Å²) in [4.78, 5) is 11.2. The molecule has 3 heteroatoms. The summed E-state index contributed by atoms with van der Waals surface area (Å²) < 4.78 is 12.9. The van der Waals surface area contributed by atoms with Crippen LogP contribution >= 0.6 is 0 Å². The minimum absolute atomic E-state index is 0.172. The van der Waals surface area contributed by atoms with Crippen molar-refractivity contribution in [1.82, 2.24) is 5.32 Å². The number of amides is 1. The molecule has 15 heavy (non-hydrogen) atoms. The molecule has 1 atom stereocenters. The van der Waals surface area contributed by atoms with Crippen molar-refractivity contribution < 1.29 is 9.18 Å².